The van der Waals surface area contributed by atoms with E-state index < -0.39 is 5.97 Å². The van der Waals surface area contributed by atoms with Crippen LogP contribution in [0.4, 0.5) is 5.69 Å². The Hall–Kier alpha value is -4.59. The lowest BCUT2D eigenvalue weighted by molar-refractivity contribution is -0.137. The number of carbonyl (C=O) groups is 3. The van der Waals surface area contributed by atoms with E-state index in [0.29, 0.717) is 48.9 Å². The third-order valence-corrected chi connectivity index (χ3v) is 6.66. The lowest BCUT2D eigenvalue weighted by Gasteiger charge is -2.34. The number of hydrogen-bond donors (Lipinski definition) is 1. The number of benzene rings is 3. The molecule has 1 aliphatic rings. The van der Waals surface area contributed by atoms with Crippen LogP contribution < -0.4 is 4.90 Å². The summed E-state index contributed by atoms with van der Waals surface area (Å²) < 4.78 is 0. The molecular formula is C30H28N4O4. The van der Waals surface area contributed by atoms with Gasteiger partial charge in [0.1, 0.15) is 6.54 Å². The monoisotopic (exact) mass is 508 g/mol. The first-order valence-corrected chi connectivity index (χ1v) is 12.7. The molecule has 1 saturated heterocycles. The Labute approximate surface area is 220 Å². The maximum Gasteiger partial charge on any atom is 0.303 e. The maximum absolute atomic E-state index is 13.3. The molecule has 1 aromatic heterocycles. The van der Waals surface area contributed by atoms with Crippen molar-refractivity contribution in [2.45, 2.75) is 25.7 Å². The zero-order valence-corrected chi connectivity index (χ0v) is 20.9. The molecule has 1 fully saturated rings. The van der Waals surface area contributed by atoms with Crippen molar-refractivity contribution in [3.05, 3.63) is 90.1 Å². The number of para-hydroxylation sites is 1. The summed E-state index contributed by atoms with van der Waals surface area (Å²) >= 11 is 0. The fraction of sp³-hybridized carbons (Fsp3) is 0.233. The number of rotatable bonds is 8. The average Bonchev–Trinajstić information content (AvgIpc) is 2.95. The second-order valence-electron chi connectivity index (χ2n) is 9.30. The molecule has 0 radical (unpaired) electrons. The van der Waals surface area contributed by atoms with E-state index in [2.05, 4.69) is 0 Å². The molecule has 0 saturated carbocycles. The van der Waals surface area contributed by atoms with Gasteiger partial charge in [0.25, 0.3) is 5.91 Å². The second-order valence-corrected chi connectivity index (χ2v) is 9.30. The minimum atomic E-state index is -0.816. The number of fused-ring (bicyclic) bond motifs is 1. The number of carboxylic acids is 1. The van der Waals surface area contributed by atoms with Gasteiger partial charge in [-0.05, 0) is 49.6 Å². The summed E-state index contributed by atoms with van der Waals surface area (Å²) in [5.41, 5.74) is 5.01. The molecule has 2 heterocycles. The minimum absolute atomic E-state index is 0.0131. The highest BCUT2D eigenvalue weighted by Crippen LogP contribution is 2.26. The second kappa shape index (κ2) is 11.2. The normalized spacial score (nSPS) is 13.6. The molecule has 0 atom stereocenters. The Morgan fingerprint density at radius 1 is 0.842 bits per heavy atom. The highest BCUT2D eigenvalue weighted by atomic mass is 16.4. The van der Waals surface area contributed by atoms with Crippen molar-refractivity contribution in [1.82, 2.24) is 14.9 Å². The van der Waals surface area contributed by atoms with E-state index in [1.54, 1.807) is 28.0 Å². The van der Waals surface area contributed by atoms with Crippen LogP contribution in [-0.4, -0.2) is 57.4 Å². The molecule has 8 heteroatoms. The Balaban J connectivity index is 1.39. The number of unbranched alkanes of at least 4 members (excludes halogenated alkanes) is 1. The van der Waals surface area contributed by atoms with Gasteiger partial charge >= 0.3 is 5.97 Å². The third kappa shape index (κ3) is 5.54. The quantitative estimate of drug-likeness (QED) is 0.350. The number of amides is 2. The number of aliphatic carboxylic acids is 1. The number of hydrogen-bond acceptors (Lipinski definition) is 5. The first-order chi connectivity index (χ1) is 18.5. The van der Waals surface area contributed by atoms with E-state index in [1.807, 2.05) is 60.7 Å². The van der Waals surface area contributed by atoms with E-state index in [9.17, 15) is 14.4 Å². The molecule has 0 spiro atoms. The van der Waals surface area contributed by atoms with Crippen LogP contribution in [0.25, 0.3) is 22.3 Å². The van der Waals surface area contributed by atoms with Crippen molar-refractivity contribution in [2.75, 3.05) is 24.5 Å². The summed E-state index contributed by atoms with van der Waals surface area (Å²) in [7, 11) is 0. The lowest BCUT2D eigenvalue weighted by Crippen LogP contribution is -2.52. The van der Waals surface area contributed by atoms with Crippen LogP contribution in [0.3, 0.4) is 0 Å². The zero-order chi connectivity index (χ0) is 26.5. The Morgan fingerprint density at radius 3 is 2.29 bits per heavy atom. The summed E-state index contributed by atoms with van der Waals surface area (Å²) in [6.07, 6.45) is 1.90. The topological polar surface area (TPSA) is 104 Å². The van der Waals surface area contributed by atoms with Gasteiger partial charge in [0.2, 0.25) is 5.91 Å². The number of carbonyl (C=O) groups excluding carboxylic acids is 2. The molecule has 2 amide bonds. The maximum atomic E-state index is 13.3. The molecule has 8 nitrogen and oxygen atoms in total. The lowest BCUT2D eigenvalue weighted by atomic mass is 10.0. The molecular weight excluding hydrogens is 480 g/mol. The fourth-order valence-corrected chi connectivity index (χ4v) is 4.70. The molecule has 1 N–H and O–H groups in total. The van der Waals surface area contributed by atoms with E-state index in [-0.39, 0.29) is 24.8 Å². The van der Waals surface area contributed by atoms with Crippen LogP contribution >= 0.6 is 0 Å². The van der Waals surface area contributed by atoms with Gasteiger partial charge in [-0.2, -0.15) is 0 Å². The predicted octanol–water partition coefficient (Wildman–Crippen LogP) is 4.58. The Morgan fingerprint density at radius 2 is 1.58 bits per heavy atom. The highest BCUT2D eigenvalue weighted by Gasteiger charge is 2.28. The summed E-state index contributed by atoms with van der Waals surface area (Å²) in [4.78, 5) is 50.1. The molecule has 4 aromatic rings. The highest BCUT2D eigenvalue weighted by molar-refractivity contribution is 6.03. The van der Waals surface area contributed by atoms with Crippen molar-refractivity contribution in [2.24, 2.45) is 0 Å². The first-order valence-electron chi connectivity index (χ1n) is 12.7. The smallest absolute Gasteiger partial charge is 0.303 e. The Bertz CT molecular complexity index is 1470. The molecule has 3 aromatic carbocycles. The summed E-state index contributed by atoms with van der Waals surface area (Å²) in [6.45, 7) is 0.882. The summed E-state index contributed by atoms with van der Waals surface area (Å²) in [5, 5.41) is 8.98. The van der Waals surface area contributed by atoms with Crippen molar-refractivity contribution in [1.29, 1.82) is 0 Å². The van der Waals surface area contributed by atoms with Crippen LogP contribution in [0.2, 0.25) is 0 Å². The molecule has 0 aliphatic carbocycles. The number of piperazine rings is 1. The van der Waals surface area contributed by atoms with Gasteiger partial charge in [0, 0.05) is 36.3 Å². The van der Waals surface area contributed by atoms with Gasteiger partial charge in [0.15, 0.2) is 0 Å². The van der Waals surface area contributed by atoms with E-state index in [1.165, 1.54) is 0 Å². The molecule has 5 rings (SSSR count). The van der Waals surface area contributed by atoms with Crippen LogP contribution in [-0.2, 0) is 16.0 Å². The molecule has 192 valence electrons. The van der Waals surface area contributed by atoms with Crippen LogP contribution in [0.5, 0.6) is 0 Å². The fourth-order valence-electron chi connectivity index (χ4n) is 4.70. The van der Waals surface area contributed by atoms with Crippen LogP contribution in [0, 0.1) is 0 Å². The molecule has 1 aliphatic heterocycles. The first kappa shape index (κ1) is 25.1. The number of carboxylic acid groups (broad SMARTS) is 1. The number of anilines is 1. The zero-order valence-electron chi connectivity index (χ0n) is 20.9. The summed E-state index contributed by atoms with van der Waals surface area (Å²) in [6, 6.07) is 24.5. The van der Waals surface area contributed by atoms with Gasteiger partial charge in [-0.1, -0.05) is 48.5 Å². The van der Waals surface area contributed by atoms with Crippen LogP contribution in [0.15, 0.2) is 78.9 Å². The van der Waals surface area contributed by atoms with Crippen molar-refractivity contribution in [3.63, 3.8) is 0 Å². The van der Waals surface area contributed by atoms with Crippen molar-refractivity contribution in [3.8, 4) is 11.3 Å². The van der Waals surface area contributed by atoms with Gasteiger partial charge < -0.3 is 14.9 Å². The van der Waals surface area contributed by atoms with Crippen molar-refractivity contribution < 1.29 is 19.5 Å². The third-order valence-electron chi connectivity index (χ3n) is 6.66. The Kier molecular flexibility index (Phi) is 7.40. The number of nitrogens with zero attached hydrogens (tertiary/aromatic N) is 4. The largest absolute Gasteiger partial charge is 0.481 e. The SMILES string of the molecule is O=C(O)CCCCc1nc2cc(C(=O)N3CCN(c4ccccc4)C(=O)C3)ccc2nc1-c1ccccc1. The number of aryl methyl sites for hydroxylation is 1. The minimum Gasteiger partial charge on any atom is -0.481 e. The van der Waals surface area contributed by atoms with E-state index >= 15 is 0 Å². The standard InChI is InChI=1S/C30H28N4O4/c35-27-20-33(17-18-34(27)23-11-5-2-6-12-23)30(38)22-15-16-24-26(19-22)31-25(13-7-8-14-28(36)37)29(32-24)21-9-3-1-4-10-21/h1-6,9-12,15-16,19H,7-8,13-14,17-18,20H2,(H,36,37). The molecule has 0 unspecified atom stereocenters. The van der Waals surface area contributed by atoms with Gasteiger partial charge in [-0.3, -0.25) is 14.4 Å². The van der Waals surface area contributed by atoms with Gasteiger partial charge in [-0.25, -0.2) is 9.97 Å². The predicted molar refractivity (Wildman–Crippen MR) is 145 cm³/mol. The van der Waals surface area contributed by atoms with Crippen LogP contribution in [0.1, 0.15) is 35.3 Å². The molecule has 38 heavy (non-hydrogen) atoms. The number of aromatic nitrogens is 2. The average molecular weight is 509 g/mol. The van der Waals surface area contributed by atoms with E-state index in [0.717, 1.165) is 22.6 Å². The summed E-state index contributed by atoms with van der Waals surface area (Å²) in [5.74, 6) is -1.15. The molecule has 0 bridgehead atoms. The van der Waals surface area contributed by atoms with Gasteiger partial charge in [0.05, 0.1) is 22.4 Å². The van der Waals surface area contributed by atoms with Gasteiger partial charge in [-0.15, -0.1) is 0 Å². The van der Waals surface area contributed by atoms with Crippen molar-refractivity contribution >= 4 is 34.5 Å². The van der Waals surface area contributed by atoms with E-state index in [4.69, 9.17) is 15.1 Å².